The lowest BCUT2D eigenvalue weighted by Crippen LogP contribution is -2.54. The molecule has 1 aliphatic heterocycles. The van der Waals surface area contributed by atoms with Gasteiger partial charge in [-0.05, 0) is 36.5 Å². The minimum absolute atomic E-state index is 0.261. The molecule has 1 saturated heterocycles. The van der Waals surface area contributed by atoms with E-state index in [9.17, 15) is 37.8 Å². The molecule has 6 nitrogen and oxygen atoms in total. The first-order valence-corrected chi connectivity index (χ1v) is 11.4. The Morgan fingerprint density at radius 3 is 1.97 bits per heavy atom. The molecule has 1 fully saturated rings. The summed E-state index contributed by atoms with van der Waals surface area (Å²) in [7, 11) is 0. The van der Waals surface area contributed by atoms with E-state index in [4.69, 9.17) is 0 Å². The van der Waals surface area contributed by atoms with Gasteiger partial charge in [0.15, 0.2) is 0 Å². The molecule has 5 unspecified atom stereocenters. The van der Waals surface area contributed by atoms with Gasteiger partial charge < -0.3 is 15.5 Å². The molecule has 2 rings (SSSR count). The number of benzene rings is 1. The molecule has 184 valence electrons. The molecule has 0 radical (unpaired) electrons. The van der Waals surface area contributed by atoms with E-state index in [0.29, 0.717) is 5.56 Å². The number of carbonyl (C=O) groups is 3. The highest BCUT2D eigenvalue weighted by Gasteiger charge is 2.70. The van der Waals surface area contributed by atoms with Crippen molar-refractivity contribution >= 4 is 29.6 Å². The smallest absolute Gasteiger partial charge is 0.416 e. The van der Waals surface area contributed by atoms with Gasteiger partial charge in [0.25, 0.3) is 0 Å². The van der Waals surface area contributed by atoms with E-state index in [1.807, 2.05) is 0 Å². The molecule has 1 amide bonds. The summed E-state index contributed by atoms with van der Waals surface area (Å²) in [6, 6.07) is 4.25. The van der Waals surface area contributed by atoms with Crippen LogP contribution in [0.4, 0.5) is 13.2 Å². The molecule has 1 aliphatic rings. The van der Waals surface area contributed by atoms with E-state index < -0.39 is 62.4 Å². The van der Waals surface area contributed by atoms with Gasteiger partial charge in [-0.1, -0.05) is 46.8 Å². The SMILES string of the molecule is CCC(C(=O)NC1SC(C(=O)O)(C(C)(C)C)C(C)C1(C)C(=O)O)c1ccc(C(F)(F)F)cc1. The number of amides is 1. The second kappa shape index (κ2) is 8.85. The van der Waals surface area contributed by atoms with Crippen LogP contribution in [-0.2, 0) is 20.6 Å². The van der Waals surface area contributed by atoms with Gasteiger partial charge in [-0.15, -0.1) is 11.8 Å². The highest BCUT2D eigenvalue weighted by atomic mass is 32.2. The fourth-order valence-corrected chi connectivity index (χ4v) is 6.63. The average molecular weight is 490 g/mol. The van der Waals surface area contributed by atoms with Crippen molar-refractivity contribution in [3.05, 3.63) is 35.4 Å². The summed E-state index contributed by atoms with van der Waals surface area (Å²) in [5.74, 6) is -4.63. The molecule has 0 aliphatic carbocycles. The van der Waals surface area contributed by atoms with E-state index in [2.05, 4.69) is 5.32 Å². The van der Waals surface area contributed by atoms with Gasteiger partial charge in [0.1, 0.15) is 4.75 Å². The molecule has 33 heavy (non-hydrogen) atoms. The first-order chi connectivity index (χ1) is 14.9. The van der Waals surface area contributed by atoms with Crippen molar-refractivity contribution in [3.8, 4) is 0 Å². The van der Waals surface area contributed by atoms with Gasteiger partial charge in [0, 0.05) is 5.92 Å². The summed E-state index contributed by atoms with van der Waals surface area (Å²) in [5.41, 5.74) is -2.91. The molecule has 10 heteroatoms. The minimum atomic E-state index is -4.50. The summed E-state index contributed by atoms with van der Waals surface area (Å²) in [6.45, 7) is 9.84. The number of rotatable bonds is 6. The van der Waals surface area contributed by atoms with Gasteiger partial charge in [0.2, 0.25) is 5.91 Å². The zero-order valence-electron chi connectivity index (χ0n) is 19.4. The first-order valence-electron chi connectivity index (χ1n) is 10.6. The Kier molecular flexibility index (Phi) is 7.24. The molecule has 0 saturated carbocycles. The quantitative estimate of drug-likeness (QED) is 0.521. The molecule has 1 aromatic carbocycles. The maximum atomic E-state index is 13.2. The van der Waals surface area contributed by atoms with Gasteiger partial charge in [-0.2, -0.15) is 13.2 Å². The number of halogens is 3. The van der Waals surface area contributed by atoms with Crippen molar-refractivity contribution in [2.45, 2.75) is 70.2 Å². The second-order valence-corrected chi connectivity index (χ2v) is 11.0. The number of carbonyl (C=O) groups excluding carboxylic acids is 1. The van der Waals surface area contributed by atoms with Crippen molar-refractivity contribution in [2.24, 2.45) is 16.7 Å². The van der Waals surface area contributed by atoms with Crippen LogP contribution in [-0.4, -0.2) is 38.2 Å². The number of aliphatic carboxylic acids is 2. The maximum absolute atomic E-state index is 13.2. The number of nitrogens with one attached hydrogen (secondary N) is 1. The van der Waals surface area contributed by atoms with Crippen LogP contribution in [0, 0.1) is 16.7 Å². The maximum Gasteiger partial charge on any atom is 0.416 e. The monoisotopic (exact) mass is 489 g/mol. The van der Waals surface area contributed by atoms with Crippen LogP contribution >= 0.6 is 11.8 Å². The molecule has 1 aromatic rings. The molecule has 0 spiro atoms. The second-order valence-electron chi connectivity index (χ2n) is 9.69. The van der Waals surface area contributed by atoms with E-state index in [0.717, 1.165) is 23.9 Å². The largest absolute Gasteiger partial charge is 0.481 e. The minimum Gasteiger partial charge on any atom is -0.481 e. The lowest BCUT2D eigenvalue weighted by atomic mass is 9.63. The normalized spacial score (nSPS) is 28.9. The van der Waals surface area contributed by atoms with Gasteiger partial charge in [-0.25, -0.2) is 0 Å². The number of alkyl halides is 3. The topological polar surface area (TPSA) is 104 Å². The Morgan fingerprint density at radius 1 is 1.09 bits per heavy atom. The first kappa shape index (κ1) is 27.0. The Morgan fingerprint density at radius 2 is 1.61 bits per heavy atom. The number of thioether (sulfide) groups is 1. The van der Waals surface area contributed by atoms with E-state index >= 15 is 0 Å². The zero-order valence-corrected chi connectivity index (χ0v) is 20.2. The van der Waals surface area contributed by atoms with Crippen LogP contribution in [0.5, 0.6) is 0 Å². The van der Waals surface area contributed by atoms with E-state index in [1.54, 1.807) is 34.6 Å². The third-order valence-electron chi connectivity index (χ3n) is 6.89. The fraction of sp³-hybridized carbons (Fsp3) is 0.609. The summed E-state index contributed by atoms with van der Waals surface area (Å²) < 4.78 is 37.1. The highest BCUT2D eigenvalue weighted by molar-refractivity contribution is 8.02. The predicted molar refractivity (Wildman–Crippen MR) is 119 cm³/mol. The van der Waals surface area contributed by atoms with Crippen LogP contribution in [0.15, 0.2) is 24.3 Å². The molecule has 0 bridgehead atoms. The van der Waals surface area contributed by atoms with Crippen molar-refractivity contribution < 1.29 is 37.8 Å². The number of carboxylic acids is 2. The van der Waals surface area contributed by atoms with Crippen LogP contribution in [0.3, 0.4) is 0 Å². The summed E-state index contributed by atoms with van der Waals surface area (Å²) in [4.78, 5) is 37.9. The van der Waals surface area contributed by atoms with E-state index in [-0.39, 0.29) is 6.42 Å². The summed E-state index contributed by atoms with van der Waals surface area (Å²) in [6.07, 6.45) is -4.24. The van der Waals surface area contributed by atoms with Crippen LogP contribution in [0.2, 0.25) is 0 Å². The molecular weight excluding hydrogens is 459 g/mol. The van der Waals surface area contributed by atoms with Crippen LogP contribution < -0.4 is 5.32 Å². The van der Waals surface area contributed by atoms with Crippen molar-refractivity contribution in [3.63, 3.8) is 0 Å². The van der Waals surface area contributed by atoms with Crippen molar-refractivity contribution in [2.75, 3.05) is 0 Å². The Balaban J connectivity index is 2.43. The number of hydrogen-bond acceptors (Lipinski definition) is 4. The lowest BCUT2D eigenvalue weighted by Gasteiger charge is -2.42. The standard InChI is InChI=1S/C23H30F3NO5S/c1-7-15(13-8-10-14(11-9-13)23(24,25)26)16(28)27-17-21(6,18(29)30)12(2)22(33-17,19(31)32)20(3,4)5/h8-12,15,17H,7H2,1-6H3,(H,27,28)(H,29,30)(H,31,32). The molecule has 3 N–H and O–H groups in total. The highest BCUT2D eigenvalue weighted by Crippen LogP contribution is 2.63. The summed E-state index contributed by atoms with van der Waals surface area (Å²) in [5, 5.41) is 21.9. The van der Waals surface area contributed by atoms with Crippen molar-refractivity contribution in [1.29, 1.82) is 0 Å². The van der Waals surface area contributed by atoms with E-state index in [1.165, 1.54) is 19.1 Å². The average Bonchev–Trinajstić information content (AvgIpc) is 2.92. The Bertz CT molecular complexity index is 928. The van der Waals surface area contributed by atoms with Crippen LogP contribution in [0.25, 0.3) is 0 Å². The van der Waals surface area contributed by atoms with Crippen LogP contribution in [0.1, 0.15) is 65.0 Å². The molecule has 1 heterocycles. The Hall–Kier alpha value is -2.23. The summed E-state index contributed by atoms with van der Waals surface area (Å²) >= 11 is 0.913. The molecule has 0 aromatic heterocycles. The molecular formula is C23H30F3NO5S. The van der Waals surface area contributed by atoms with Gasteiger partial charge in [-0.3, -0.25) is 14.4 Å². The van der Waals surface area contributed by atoms with Crippen molar-refractivity contribution in [1.82, 2.24) is 5.32 Å². The number of carboxylic acid groups (broad SMARTS) is 2. The predicted octanol–water partition coefficient (Wildman–Crippen LogP) is 4.98. The lowest BCUT2D eigenvalue weighted by molar-refractivity contribution is -0.156. The van der Waals surface area contributed by atoms with Gasteiger partial charge >= 0.3 is 18.1 Å². The molecule has 5 atom stereocenters. The Labute approximate surface area is 195 Å². The third kappa shape index (κ3) is 4.46. The zero-order chi connectivity index (χ0) is 25.6. The fourth-order valence-electron chi connectivity index (χ4n) is 4.63. The third-order valence-corrected chi connectivity index (χ3v) is 9.24. The number of hydrogen-bond donors (Lipinski definition) is 3. The van der Waals surface area contributed by atoms with Gasteiger partial charge in [0.05, 0.1) is 22.3 Å².